The van der Waals surface area contributed by atoms with Crippen molar-refractivity contribution in [2.24, 2.45) is 5.10 Å². The minimum atomic E-state index is -0.895. The van der Waals surface area contributed by atoms with Gasteiger partial charge < -0.3 is 24.8 Å². The number of methoxy groups -OCH3 is 2. The number of hydrogen-bond donors (Lipinski definition) is 3. The zero-order valence-corrected chi connectivity index (χ0v) is 20.7. The molecule has 10 heteroatoms. The number of nitrogens with zero attached hydrogens (tertiary/aromatic N) is 1. The fourth-order valence-corrected chi connectivity index (χ4v) is 3.23. The molecule has 0 saturated carbocycles. The Bertz CT molecular complexity index is 1260. The summed E-state index contributed by atoms with van der Waals surface area (Å²) in [6.07, 6.45) is 1.35. The van der Waals surface area contributed by atoms with Crippen LogP contribution >= 0.6 is 0 Å². The summed E-state index contributed by atoms with van der Waals surface area (Å²) in [5.41, 5.74) is 4.22. The third kappa shape index (κ3) is 8.10. The highest BCUT2D eigenvalue weighted by atomic mass is 16.5. The molecule has 0 spiro atoms. The molecule has 0 fully saturated rings. The number of hydrazone groups is 1. The Labute approximate surface area is 214 Å². The topological polar surface area (TPSA) is 127 Å². The van der Waals surface area contributed by atoms with E-state index in [0.717, 1.165) is 5.56 Å². The highest BCUT2D eigenvalue weighted by molar-refractivity contribution is 6.35. The van der Waals surface area contributed by atoms with Crippen LogP contribution in [0.1, 0.15) is 24.1 Å². The highest BCUT2D eigenvalue weighted by Crippen LogP contribution is 2.27. The molecule has 192 valence electrons. The van der Waals surface area contributed by atoms with Crippen LogP contribution < -0.4 is 30.3 Å². The summed E-state index contributed by atoms with van der Waals surface area (Å²) in [6, 6.07) is 20.8. The van der Waals surface area contributed by atoms with E-state index in [-0.39, 0.29) is 18.6 Å². The summed E-state index contributed by atoms with van der Waals surface area (Å²) in [5, 5.41) is 9.17. The molecule has 0 radical (unpaired) electrons. The van der Waals surface area contributed by atoms with Crippen LogP contribution in [-0.2, 0) is 14.4 Å². The number of carbonyl (C=O) groups is 3. The maximum Gasteiger partial charge on any atom is 0.329 e. The molecule has 3 aromatic carbocycles. The van der Waals surface area contributed by atoms with Crippen molar-refractivity contribution in [1.29, 1.82) is 0 Å². The fraction of sp³-hybridized carbons (Fsp3) is 0.185. The number of nitrogens with one attached hydrogen (secondary N) is 3. The van der Waals surface area contributed by atoms with Crippen molar-refractivity contribution in [3.05, 3.63) is 83.9 Å². The molecule has 0 heterocycles. The van der Waals surface area contributed by atoms with Crippen molar-refractivity contribution in [2.45, 2.75) is 13.0 Å². The van der Waals surface area contributed by atoms with Crippen LogP contribution in [0, 0.1) is 0 Å². The van der Waals surface area contributed by atoms with E-state index in [0.29, 0.717) is 28.5 Å². The minimum Gasteiger partial charge on any atom is -0.497 e. The molecule has 37 heavy (non-hydrogen) atoms. The lowest BCUT2D eigenvalue weighted by molar-refractivity contribution is -0.139. The van der Waals surface area contributed by atoms with Crippen molar-refractivity contribution in [3.8, 4) is 17.2 Å². The summed E-state index contributed by atoms with van der Waals surface area (Å²) in [7, 11) is 3.00. The zero-order valence-electron chi connectivity index (χ0n) is 20.7. The van der Waals surface area contributed by atoms with Crippen molar-refractivity contribution in [2.75, 3.05) is 26.1 Å². The molecule has 10 nitrogen and oxygen atoms in total. The van der Waals surface area contributed by atoms with Crippen LogP contribution in [0.2, 0.25) is 0 Å². The van der Waals surface area contributed by atoms with Crippen LogP contribution in [0.25, 0.3) is 0 Å². The van der Waals surface area contributed by atoms with Crippen LogP contribution in [0.4, 0.5) is 5.69 Å². The second-order valence-corrected chi connectivity index (χ2v) is 7.78. The van der Waals surface area contributed by atoms with Crippen LogP contribution in [0.15, 0.2) is 77.9 Å². The van der Waals surface area contributed by atoms with Gasteiger partial charge in [-0.15, -0.1) is 0 Å². The lowest BCUT2D eigenvalue weighted by Crippen LogP contribution is -2.39. The molecular weight excluding hydrogens is 476 g/mol. The first-order valence-corrected chi connectivity index (χ1v) is 11.3. The number of amides is 3. The van der Waals surface area contributed by atoms with Gasteiger partial charge in [-0.3, -0.25) is 14.4 Å². The number of carbonyl (C=O) groups excluding carboxylic acids is 3. The van der Waals surface area contributed by atoms with Crippen LogP contribution in [-0.4, -0.2) is 44.8 Å². The number of rotatable bonds is 10. The van der Waals surface area contributed by atoms with Gasteiger partial charge in [0.05, 0.1) is 26.5 Å². The molecule has 0 saturated heterocycles. The maximum atomic E-state index is 12.2. The van der Waals surface area contributed by atoms with Gasteiger partial charge in [-0.1, -0.05) is 36.4 Å². The molecule has 3 N–H and O–H groups in total. The highest BCUT2D eigenvalue weighted by Gasteiger charge is 2.16. The number of benzene rings is 3. The van der Waals surface area contributed by atoms with E-state index in [9.17, 15) is 14.4 Å². The van der Waals surface area contributed by atoms with Crippen LogP contribution in [0.3, 0.4) is 0 Å². The van der Waals surface area contributed by atoms with Gasteiger partial charge in [-0.2, -0.15) is 5.10 Å². The summed E-state index contributed by atoms with van der Waals surface area (Å²) in [6.45, 7) is 1.54. The molecular formula is C27H28N4O6. The first-order chi connectivity index (χ1) is 17.9. The quantitative estimate of drug-likeness (QED) is 0.221. The summed E-state index contributed by atoms with van der Waals surface area (Å²) in [5.74, 6) is -0.729. The van der Waals surface area contributed by atoms with E-state index in [1.54, 1.807) is 56.5 Å². The van der Waals surface area contributed by atoms with E-state index in [2.05, 4.69) is 21.2 Å². The lowest BCUT2D eigenvalue weighted by atomic mass is 10.1. The smallest absolute Gasteiger partial charge is 0.329 e. The SMILES string of the molecule is COc1cccc(NC(=O)COc2ccc(/C=N\NC(=O)C(=O)N[C@H](C)c3ccccc3)cc2OC)c1. The predicted molar refractivity (Wildman–Crippen MR) is 139 cm³/mol. The summed E-state index contributed by atoms with van der Waals surface area (Å²) >= 11 is 0. The number of anilines is 1. The van der Waals surface area contributed by atoms with E-state index in [4.69, 9.17) is 14.2 Å². The first-order valence-electron chi connectivity index (χ1n) is 11.3. The second-order valence-electron chi connectivity index (χ2n) is 7.78. The Morgan fingerprint density at radius 1 is 0.892 bits per heavy atom. The Morgan fingerprint density at radius 2 is 1.68 bits per heavy atom. The number of ether oxygens (including phenoxy) is 3. The van der Waals surface area contributed by atoms with Gasteiger partial charge in [0.1, 0.15) is 5.75 Å². The Hall–Kier alpha value is -4.86. The average Bonchev–Trinajstić information content (AvgIpc) is 2.92. The van der Waals surface area contributed by atoms with E-state index >= 15 is 0 Å². The van der Waals surface area contributed by atoms with E-state index < -0.39 is 11.8 Å². The molecule has 1 atom stereocenters. The van der Waals surface area contributed by atoms with E-state index in [1.165, 1.54) is 13.3 Å². The molecule has 3 aromatic rings. The number of hydrogen-bond acceptors (Lipinski definition) is 7. The Kier molecular flexibility index (Phi) is 9.60. The predicted octanol–water partition coefficient (Wildman–Crippen LogP) is 3.05. The van der Waals surface area contributed by atoms with Crippen molar-refractivity contribution in [3.63, 3.8) is 0 Å². The molecule has 0 unspecified atom stereocenters. The Balaban J connectivity index is 1.51. The molecule has 0 aliphatic rings. The Morgan fingerprint density at radius 3 is 2.41 bits per heavy atom. The van der Waals surface area contributed by atoms with Gasteiger partial charge >= 0.3 is 11.8 Å². The molecule has 0 aliphatic heterocycles. The lowest BCUT2D eigenvalue weighted by Gasteiger charge is -2.13. The molecule has 3 amide bonds. The van der Waals surface area contributed by atoms with Crippen molar-refractivity contribution < 1.29 is 28.6 Å². The van der Waals surface area contributed by atoms with Gasteiger partial charge in [0.15, 0.2) is 18.1 Å². The maximum absolute atomic E-state index is 12.2. The van der Waals surface area contributed by atoms with Crippen molar-refractivity contribution in [1.82, 2.24) is 10.7 Å². The third-order valence-electron chi connectivity index (χ3n) is 5.13. The van der Waals surface area contributed by atoms with Crippen LogP contribution in [0.5, 0.6) is 17.2 Å². The molecule has 0 aromatic heterocycles. The van der Waals surface area contributed by atoms with Gasteiger partial charge in [0, 0.05) is 11.8 Å². The standard InChI is InChI=1S/C27H28N4O6/c1-18(20-8-5-4-6-9-20)29-26(33)27(34)31-28-16-19-12-13-23(24(14-19)36-3)37-17-25(32)30-21-10-7-11-22(15-21)35-2/h4-16,18H,17H2,1-3H3,(H,29,33)(H,30,32)(H,31,34)/b28-16-/t18-/m1/s1. The fourth-order valence-electron chi connectivity index (χ4n) is 3.23. The summed E-state index contributed by atoms with van der Waals surface area (Å²) in [4.78, 5) is 36.4. The monoisotopic (exact) mass is 504 g/mol. The minimum absolute atomic E-state index is 0.242. The van der Waals surface area contributed by atoms with Gasteiger partial charge in [-0.25, -0.2) is 5.43 Å². The third-order valence-corrected chi connectivity index (χ3v) is 5.13. The molecule has 0 bridgehead atoms. The average molecular weight is 505 g/mol. The summed E-state index contributed by atoms with van der Waals surface area (Å²) < 4.78 is 16.1. The van der Waals surface area contributed by atoms with Gasteiger partial charge in [0.25, 0.3) is 5.91 Å². The largest absolute Gasteiger partial charge is 0.497 e. The molecule has 0 aliphatic carbocycles. The van der Waals surface area contributed by atoms with E-state index in [1.807, 2.05) is 30.3 Å². The second kappa shape index (κ2) is 13.3. The van der Waals surface area contributed by atoms with Crippen molar-refractivity contribution >= 4 is 29.6 Å². The van der Waals surface area contributed by atoms with Gasteiger partial charge in [0.2, 0.25) is 0 Å². The zero-order chi connectivity index (χ0) is 26.6. The molecule has 3 rings (SSSR count). The normalized spacial score (nSPS) is 11.3. The first kappa shape index (κ1) is 26.7. The van der Waals surface area contributed by atoms with Gasteiger partial charge in [-0.05, 0) is 48.4 Å².